The third-order valence-electron chi connectivity index (χ3n) is 2.03. The molecule has 0 radical (unpaired) electrons. The van der Waals surface area contributed by atoms with Gasteiger partial charge in [-0.15, -0.1) is 0 Å². The van der Waals surface area contributed by atoms with Gasteiger partial charge in [0, 0.05) is 12.0 Å². The monoisotopic (exact) mass is 225 g/mol. The molecule has 0 aromatic rings. The molecule has 0 spiro atoms. The zero-order valence-corrected chi connectivity index (χ0v) is 9.61. The highest BCUT2D eigenvalue weighted by Gasteiger charge is 2.28. The van der Waals surface area contributed by atoms with Gasteiger partial charge in [-0.1, -0.05) is 20.8 Å². The highest BCUT2D eigenvalue weighted by atomic mass is 19.4. The van der Waals surface area contributed by atoms with Crippen LogP contribution in [0.5, 0.6) is 0 Å². The topological polar surface area (TPSA) is 20.3 Å². The fourth-order valence-electron chi connectivity index (χ4n) is 0.879. The van der Waals surface area contributed by atoms with Gasteiger partial charge in [0.1, 0.15) is 0 Å². The maximum Gasteiger partial charge on any atom is 0.390 e. The minimum atomic E-state index is -4.15. The molecule has 0 fully saturated rings. The summed E-state index contributed by atoms with van der Waals surface area (Å²) in [5, 5.41) is 0. The molecule has 0 aliphatic heterocycles. The second kappa shape index (κ2) is 4.96. The maximum absolute atomic E-state index is 11.9. The molecule has 0 aliphatic rings. The fraction of sp³-hybridized carbons (Fsp3) is 0.900. The number of Topliss-reactive ketones (excluding diaryl/α,β-unsaturated/α-hetero) is 1. The van der Waals surface area contributed by atoms with Crippen LogP contribution in [0.25, 0.3) is 0 Å². The van der Waals surface area contributed by atoms with E-state index in [1.165, 1.54) is 11.9 Å². The maximum atomic E-state index is 11.9. The number of nitrogens with zero attached hydrogens (tertiary/aromatic N) is 1. The van der Waals surface area contributed by atoms with E-state index in [1.54, 1.807) is 20.8 Å². The Morgan fingerprint density at radius 2 is 1.67 bits per heavy atom. The summed E-state index contributed by atoms with van der Waals surface area (Å²) < 4.78 is 35.6. The van der Waals surface area contributed by atoms with E-state index in [0.717, 1.165) is 0 Å². The van der Waals surface area contributed by atoms with Gasteiger partial charge >= 0.3 is 6.18 Å². The van der Waals surface area contributed by atoms with Gasteiger partial charge in [-0.25, -0.2) is 0 Å². The molecule has 0 saturated carbocycles. The Morgan fingerprint density at radius 3 is 2.00 bits per heavy atom. The van der Waals surface area contributed by atoms with Crippen molar-refractivity contribution < 1.29 is 18.0 Å². The lowest BCUT2D eigenvalue weighted by atomic mass is 9.90. The van der Waals surface area contributed by atoms with Crippen LogP contribution in [0.3, 0.4) is 0 Å². The Morgan fingerprint density at radius 1 is 1.20 bits per heavy atom. The van der Waals surface area contributed by atoms with Crippen LogP contribution in [0.4, 0.5) is 13.2 Å². The van der Waals surface area contributed by atoms with Gasteiger partial charge in [0.2, 0.25) is 0 Å². The van der Waals surface area contributed by atoms with Crippen LogP contribution in [0.15, 0.2) is 0 Å². The number of halogens is 3. The smallest absolute Gasteiger partial charge is 0.299 e. The molecule has 2 nitrogen and oxygen atoms in total. The Bertz CT molecular complexity index is 218. The molecule has 0 N–H and O–H groups in total. The average molecular weight is 225 g/mol. The first kappa shape index (κ1) is 14.4. The Balaban J connectivity index is 3.95. The summed E-state index contributed by atoms with van der Waals surface area (Å²) in [4.78, 5) is 12.9. The molecule has 0 unspecified atom stereocenters. The number of alkyl halides is 3. The van der Waals surface area contributed by atoms with Crippen LogP contribution in [0, 0.1) is 5.41 Å². The van der Waals surface area contributed by atoms with Crippen molar-refractivity contribution >= 4 is 5.78 Å². The lowest BCUT2D eigenvalue weighted by Crippen LogP contribution is -2.35. The molecule has 5 heteroatoms. The molecule has 0 heterocycles. The molecule has 0 aliphatic carbocycles. The molecular weight excluding hydrogens is 207 g/mol. The lowest BCUT2D eigenvalue weighted by Gasteiger charge is -2.22. The first-order valence-electron chi connectivity index (χ1n) is 4.81. The minimum absolute atomic E-state index is 0.0489. The molecule has 0 aromatic carbocycles. The van der Waals surface area contributed by atoms with Gasteiger partial charge in [0.15, 0.2) is 5.78 Å². The summed E-state index contributed by atoms with van der Waals surface area (Å²) in [7, 11) is 1.52. The van der Waals surface area contributed by atoms with Crippen molar-refractivity contribution in [2.45, 2.75) is 33.4 Å². The van der Waals surface area contributed by atoms with Gasteiger partial charge in [-0.2, -0.15) is 13.2 Å². The van der Waals surface area contributed by atoms with Crippen LogP contribution in [0.2, 0.25) is 0 Å². The molecule has 0 amide bonds. The van der Waals surface area contributed by atoms with Crippen molar-refractivity contribution in [2.24, 2.45) is 5.41 Å². The van der Waals surface area contributed by atoms with Crippen LogP contribution >= 0.6 is 0 Å². The first-order valence-corrected chi connectivity index (χ1v) is 4.81. The first-order chi connectivity index (χ1) is 6.52. The third-order valence-corrected chi connectivity index (χ3v) is 2.03. The van der Waals surface area contributed by atoms with Crippen LogP contribution < -0.4 is 0 Å². The summed E-state index contributed by atoms with van der Waals surface area (Å²) in [5.41, 5.74) is -0.494. The van der Waals surface area contributed by atoms with Crippen LogP contribution in [-0.2, 0) is 4.79 Å². The van der Waals surface area contributed by atoms with Gasteiger partial charge < -0.3 is 0 Å². The minimum Gasteiger partial charge on any atom is -0.299 e. The van der Waals surface area contributed by atoms with E-state index in [9.17, 15) is 18.0 Å². The summed E-state index contributed by atoms with van der Waals surface area (Å²) in [6.07, 6.45) is -5.03. The largest absolute Gasteiger partial charge is 0.390 e. The summed E-state index contributed by atoms with van der Waals surface area (Å²) in [5.74, 6) is -0.0489. The van der Waals surface area contributed by atoms with E-state index in [4.69, 9.17) is 0 Å². The summed E-state index contributed by atoms with van der Waals surface area (Å²) in [6.45, 7) is 5.21. The molecule has 0 aromatic heterocycles. The predicted molar refractivity (Wildman–Crippen MR) is 52.6 cm³/mol. The van der Waals surface area contributed by atoms with E-state index in [2.05, 4.69) is 0 Å². The van der Waals surface area contributed by atoms with Crippen molar-refractivity contribution in [2.75, 3.05) is 20.1 Å². The highest BCUT2D eigenvalue weighted by Crippen LogP contribution is 2.20. The number of carbonyl (C=O) groups excluding carboxylic acids is 1. The Hall–Kier alpha value is -0.580. The third kappa shape index (κ3) is 7.36. The molecule has 0 rings (SSSR count). The van der Waals surface area contributed by atoms with Crippen molar-refractivity contribution in [3.8, 4) is 0 Å². The van der Waals surface area contributed by atoms with E-state index in [0.29, 0.717) is 0 Å². The molecule has 90 valence electrons. The Labute approximate surface area is 88.4 Å². The second-order valence-electron chi connectivity index (χ2n) is 4.78. The average Bonchev–Trinajstić information content (AvgIpc) is 1.97. The van der Waals surface area contributed by atoms with Crippen LogP contribution in [-0.4, -0.2) is 37.0 Å². The number of rotatable bonds is 4. The number of hydrogen-bond donors (Lipinski definition) is 0. The molecular formula is C10H18F3NO. The van der Waals surface area contributed by atoms with E-state index in [1.807, 2.05) is 0 Å². The molecule has 15 heavy (non-hydrogen) atoms. The van der Waals surface area contributed by atoms with Crippen LogP contribution in [0.1, 0.15) is 27.2 Å². The van der Waals surface area contributed by atoms with E-state index < -0.39 is 18.0 Å². The fourth-order valence-corrected chi connectivity index (χ4v) is 0.879. The van der Waals surface area contributed by atoms with Crippen molar-refractivity contribution in [1.82, 2.24) is 4.90 Å². The number of likely N-dealkylation sites (N-methyl/N-ethyl adjacent to an activating group) is 1. The second-order valence-corrected chi connectivity index (χ2v) is 4.78. The normalized spacial score (nSPS) is 13.3. The lowest BCUT2D eigenvalue weighted by molar-refractivity contribution is -0.140. The quantitative estimate of drug-likeness (QED) is 0.732. The SMILES string of the molecule is CN(CCC(F)(F)F)CC(=O)C(C)(C)C. The Kier molecular flexibility index (Phi) is 4.77. The highest BCUT2D eigenvalue weighted by molar-refractivity contribution is 5.85. The predicted octanol–water partition coefficient (Wildman–Crippen LogP) is 2.49. The van der Waals surface area contributed by atoms with Gasteiger partial charge in [0.25, 0.3) is 0 Å². The van der Waals surface area contributed by atoms with Gasteiger partial charge in [-0.05, 0) is 7.05 Å². The number of ketones is 1. The molecule has 0 saturated heterocycles. The van der Waals surface area contributed by atoms with E-state index in [-0.39, 0.29) is 18.9 Å². The molecule has 0 atom stereocenters. The number of hydrogen-bond acceptors (Lipinski definition) is 2. The van der Waals surface area contributed by atoms with Gasteiger partial charge in [0.05, 0.1) is 13.0 Å². The van der Waals surface area contributed by atoms with E-state index >= 15 is 0 Å². The standard InChI is InChI=1S/C10H18F3NO/c1-9(2,3)8(15)7-14(4)6-5-10(11,12)13/h5-7H2,1-4H3. The van der Waals surface area contributed by atoms with Crippen molar-refractivity contribution in [3.63, 3.8) is 0 Å². The summed E-state index contributed by atoms with van der Waals surface area (Å²) in [6, 6.07) is 0. The van der Waals surface area contributed by atoms with Crippen molar-refractivity contribution in [3.05, 3.63) is 0 Å². The van der Waals surface area contributed by atoms with Crippen molar-refractivity contribution in [1.29, 1.82) is 0 Å². The van der Waals surface area contributed by atoms with Gasteiger partial charge in [-0.3, -0.25) is 9.69 Å². The zero-order valence-electron chi connectivity index (χ0n) is 9.61. The zero-order chi connectivity index (χ0) is 12.3. The summed E-state index contributed by atoms with van der Waals surface area (Å²) >= 11 is 0. The number of carbonyl (C=O) groups is 1. The molecule has 0 bridgehead atoms.